The number of hydrogen-bond acceptors (Lipinski definition) is 9. The third-order valence-corrected chi connectivity index (χ3v) is 11.0. The Kier molecular flexibility index (Phi) is 10.9. The van der Waals surface area contributed by atoms with E-state index in [-0.39, 0.29) is 49.6 Å². The summed E-state index contributed by atoms with van der Waals surface area (Å²) in [6.45, 7) is 4.58. The van der Waals surface area contributed by atoms with Crippen LogP contribution in [-0.2, 0) is 32.5 Å². The molecule has 12 nitrogen and oxygen atoms in total. The third kappa shape index (κ3) is 8.13. The Morgan fingerprint density at radius 3 is 2.45 bits per heavy atom. The van der Waals surface area contributed by atoms with Crippen LogP contribution in [0.5, 0.6) is 17.2 Å². The lowest BCUT2D eigenvalue weighted by Crippen LogP contribution is -2.58. The van der Waals surface area contributed by atoms with Crippen molar-refractivity contribution < 1.29 is 47.1 Å². The van der Waals surface area contributed by atoms with Crippen molar-refractivity contribution in [2.24, 2.45) is 11.8 Å². The Labute approximate surface area is 287 Å². The first kappa shape index (κ1) is 35.0. The molecule has 0 radical (unpaired) electrons. The summed E-state index contributed by atoms with van der Waals surface area (Å²) in [7, 11) is -4.13. The van der Waals surface area contributed by atoms with Gasteiger partial charge in [0.25, 0.3) is 0 Å². The van der Waals surface area contributed by atoms with Crippen molar-refractivity contribution in [2.45, 2.75) is 69.1 Å². The molecule has 2 N–H and O–H groups in total. The predicted molar refractivity (Wildman–Crippen MR) is 179 cm³/mol. The summed E-state index contributed by atoms with van der Waals surface area (Å²) in [6.07, 6.45) is -1.53. The van der Waals surface area contributed by atoms with Crippen molar-refractivity contribution in [1.82, 2.24) is 9.21 Å². The van der Waals surface area contributed by atoms with Crippen molar-refractivity contribution in [3.63, 3.8) is 0 Å². The van der Waals surface area contributed by atoms with Crippen LogP contribution < -0.4 is 14.2 Å². The molecule has 3 heterocycles. The Bertz CT molecular complexity index is 1670. The summed E-state index contributed by atoms with van der Waals surface area (Å²) < 4.78 is 57.8. The van der Waals surface area contributed by atoms with Gasteiger partial charge in [0.1, 0.15) is 12.4 Å². The molecule has 1 amide bonds. The fraction of sp³-hybridized carbons (Fsp3) is 0.472. The molecule has 49 heavy (non-hydrogen) atoms. The van der Waals surface area contributed by atoms with Crippen LogP contribution in [0.25, 0.3) is 0 Å². The van der Waals surface area contributed by atoms with E-state index in [2.05, 4.69) is 0 Å². The zero-order chi connectivity index (χ0) is 34.5. The Morgan fingerprint density at radius 1 is 0.959 bits per heavy atom. The minimum absolute atomic E-state index is 0.00212. The number of fused-ring (bicyclic) bond motifs is 2. The molecule has 3 aliphatic rings. The van der Waals surface area contributed by atoms with Crippen molar-refractivity contribution in [3.8, 4) is 17.2 Å². The van der Waals surface area contributed by atoms with Crippen molar-refractivity contribution in [3.05, 3.63) is 83.9 Å². The van der Waals surface area contributed by atoms with E-state index < -0.39 is 40.6 Å². The molecule has 2 fully saturated rings. The standard InChI is InChI=1S/C36H44N2O10S/c1-24(2)19-37(49(42,43)28-14-15-33-34(18-28)48-23-47-33)20-32(39)30(38(36(40)41)31-22-46-35-29(31)9-6-16-44-35)17-25-10-12-27(13-11-25)45-21-26-7-4-3-5-8-26/h3-5,7-8,10-15,18,24,29-32,35,39H,6,9,16-17,19-23H2,1-2H3,(H,40,41)/t29?,30-,31?,32+,35?/m0/s1. The van der Waals surface area contributed by atoms with E-state index in [9.17, 15) is 23.4 Å². The Hall–Kier alpha value is -3.88. The lowest BCUT2D eigenvalue weighted by Gasteiger charge is -2.41. The molecule has 3 aliphatic heterocycles. The van der Waals surface area contributed by atoms with Crippen LogP contribution in [0, 0.1) is 11.8 Å². The fourth-order valence-corrected chi connectivity index (χ4v) is 8.41. The number of nitrogens with zero attached hydrogens (tertiary/aromatic N) is 2. The van der Waals surface area contributed by atoms with Crippen LogP contribution in [-0.4, -0.2) is 91.5 Å². The van der Waals surface area contributed by atoms with Gasteiger partial charge in [0.15, 0.2) is 17.8 Å². The van der Waals surface area contributed by atoms with Gasteiger partial charge < -0.3 is 33.9 Å². The molecular formula is C36H44N2O10S. The molecule has 6 rings (SSSR count). The van der Waals surface area contributed by atoms with Gasteiger partial charge in [-0.25, -0.2) is 13.2 Å². The molecule has 264 valence electrons. The second-order valence-corrected chi connectivity index (χ2v) is 15.1. The maximum atomic E-state index is 14.1. The zero-order valence-corrected chi connectivity index (χ0v) is 28.5. The maximum Gasteiger partial charge on any atom is 0.407 e. The van der Waals surface area contributed by atoms with Gasteiger partial charge in [-0.2, -0.15) is 4.31 Å². The van der Waals surface area contributed by atoms with Gasteiger partial charge in [0, 0.05) is 31.7 Å². The van der Waals surface area contributed by atoms with Crippen LogP contribution in [0.1, 0.15) is 37.8 Å². The first-order chi connectivity index (χ1) is 23.6. The highest BCUT2D eigenvalue weighted by molar-refractivity contribution is 7.89. The molecule has 2 saturated heterocycles. The van der Waals surface area contributed by atoms with Gasteiger partial charge in [0.05, 0.1) is 29.7 Å². The lowest BCUT2D eigenvalue weighted by molar-refractivity contribution is -0.151. The second kappa shape index (κ2) is 15.3. The average Bonchev–Trinajstić information content (AvgIpc) is 3.74. The van der Waals surface area contributed by atoms with E-state index in [4.69, 9.17) is 23.7 Å². The van der Waals surface area contributed by atoms with Gasteiger partial charge in [-0.1, -0.05) is 56.3 Å². The molecule has 3 unspecified atom stereocenters. The number of ether oxygens (including phenoxy) is 5. The first-order valence-electron chi connectivity index (χ1n) is 16.7. The van der Waals surface area contributed by atoms with E-state index in [1.165, 1.54) is 21.3 Å². The highest BCUT2D eigenvalue weighted by Crippen LogP contribution is 2.37. The first-order valence-corrected chi connectivity index (χ1v) is 18.1. The summed E-state index contributed by atoms with van der Waals surface area (Å²) in [4.78, 5) is 14.4. The number of rotatable bonds is 14. The highest BCUT2D eigenvalue weighted by Gasteiger charge is 2.48. The Morgan fingerprint density at radius 2 is 1.71 bits per heavy atom. The number of sulfonamides is 1. The van der Waals surface area contributed by atoms with Crippen LogP contribution in [0.15, 0.2) is 77.7 Å². The number of hydrogen-bond donors (Lipinski definition) is 2. The SMILES string of the molecule is CC(C)CN(C[C@@H](O)[C@H](Cc1ccc(OCc2ccccc2)cc1)N(C(=O)O)C1COC2OCCCC21)S(=O)(=O)c1ccc2c(c1)OCO2. The van der Waals surface area contributed by atoms with Crippen molar-refractivity contribution in [1.29, 1.82) is 0 Å². The number of aliphatic hydroxyl groups is 1. The van der Waals surface area contributed by atoms with Crippen LogP contribution in [0.3, 0.4) is 0 Å². The van der Waals surface area contributed by atoms with E-state index >= 15 is 0 Å². The van der Waals surface area contributed by atoms with Gasteiger partial charge in [-0.15, -0.1) is 0 Å². The van der Waals surface area contributed by atoms with E-state index in [1.807, 2.05) is 68.4 Å². The number of carbonyl (C=O) groups is 1. The lowest BCUT2D eigenvalue weighted by atomic mass is 9.90. The third-order valence-electron chi connectivity index (χ3n) is 9.18. The highest BCUT2D eigenvalue weighted by atomic mass is 32.2. The van der Waals surface area contributed by atoms with Crippen LogP contribution in [0.4, 0.5) is 4.79 Å². The quantitative estimate of drug-likeness (QED) is 0.243. The fourth-order valence-electron chi connectivity index (χ4n) is 6.78. The molecule has 0 aromatic heterocycles. The summed E-state index contributed by atoms with van der Waals surface area (Å²) in [6, 6.07) is 19.9. The Balaban J connectivity index is 1.28. The summed E-state index contributed by atoms with van der Waals surface area (Å²) in [5.41, 5.74) is 1.78. The minimum Gasteiger partial charge on any atom is -0.489 e. The number of carboxylic acid groups (broad SMARTS) is 1. The molecule has 0 bridgehead atoms. The van der Waals surface area contributed by atoms with E-state index in [0.29, 0.717) is 36.9 Å². The molecule has 3 aromatic carbocycles. The second-order valence-electron chi connectivity index (χ2n) is 13.1. The van der Waals surface area contributed by atoms with Crippen molar-refractivity contribution >= 4 is 16.1 Å². The summed E-state index contributed by atoms with van der Waals surface area (Å²) in [5.74, 6) is 1.12. The normalized spacial score (nSPS) is 21.4. The monoisotopic (exact) mass is 696 g/mol. The minimum atomic E-state index is -4.13. The van der Waals surface area contributed by atoms with Crippen LogP contribution in [0.2, 0.25) is 0 Å². The summed E-state index contributed by atoms with van der Waals surface area (Å²) >= 11 is 0. The van der Waals surface area contributed by atoms with E-state index in [1.54, 1.807) is 6.07 Å². The predicted octanol–water partition coefficient (Wildman–Crippen LogP) is 4.74. The zero-order valence-electron chi connectivity index (χ0n) is 27.7. The molecule has 5 atom stereocenters. The van der Waals surface area contributed by atoms with E-state index in [0.717, 1.165) is 17.5 Å². The van der Waals surface area contributed by atoms with Crippen molar-refractivity contribution in [2.75, 3.05) is 33.1 Å². The average molecular weight is 697 g/mol. The molecule has 0 saturated carbocycles. The van der Waals surface area contributed by atoms with Gasteiger partial charge in [-0.05, 0) is 60.6 Å². The number of aliphatic hydroxyl groups excluding tert-OH is 1. The molecule has 0 aliphatic carbocycles. The largest absolute Gasteiger partial charge is 0.489 e. The van der Waals surface area contributed by atoms with Gasteiger partial charge >= 0.3 is 6.09 Å². The molecular weight excluding hydrogens is 652 g/mol. The maximum absolute atomic E-state index is 14.1. The molecule has 3 aromatic rings. The number of amides is 1. The summed E-state index contributed by atoms with van der Waals surface area (Å²) in [5, 5.41) is 22.7. The molecule has 13 heteroatoms. The van der Waals surface area contributed by atoms with Crippen LogP contribution >= 0.6 is 0 Å². The smallest absolute Gasteiger partial charge is 0.407 e. The van der Waals surface area contributed by atoms with Gasteiger partial charge in [0.2, 0.25) is 16.8 Å². The number of benzene rings is 3. The topological polar surface area (TPSA) is 144 Å². The molecule has 0 spiro atoms. The van der Waals surface area contributed by atoms with Gasteiger partial charge in [-0.3, -0.25) is 4.90 Å².